The predicted octanol–water partition coefficient (Wildman–Crippen LogP) is 3.76. The zero-order valence-corrected chi connectivity index (χ0v) is 11.5. The first-order valence-electron chi connectivity index (χ1n) is 7.20. The molecule has 1 heterocycles. The maximum absolute atomic E-state index is 6.51. The summed E-state index contributed by atoms with van der Waals surface area (Å²) >= 11 is 0. The molecule has 2 aromatic rings. The molecule has 1 atom stereocenters. The van der Waals surface area contributed by atoms with Gasteiger partial charge in [0.1, 0.15) is 5.75 Å². The first kappa shape index (κ1) is 12.5. The third kappa shape index (κ3) is 2.35. The summed E-state index contributed by atoms with van der Waals surface area (Å²) in [5.41, 5.74) is 8.89. The Kier molecular flexibility index (Phi) is 3.47. The Bertz CT molecular complexity index is 555. The molecule has 102 valence electrons. The van der Waals surface area contributed by atoms with Gasteiger partial charge < -0.3 is 15.5 Å². The fourth-order valence-electron chi connectivity index (χ4n) is 3.27. The second-order valence-electron chi connectivity index (χ2n) is 5.58. The lowest BCUT2D eigenvalue weighted by atomic mass is 9.81. The highest BCUT2D eigenvalue weighted by atomic mass is 16.5. The molecule has 1 aliphatic rings. The van der Waals surface area contributed by atoms with E-state index in [1.807, 2.05) is 6.07 Å². The van der Waals surface area contributed by atoms with Crippen molar-refractivity contribution in [3.05, 3.63) is 30.0 Å². The highest BCUT2D eigenvalue weighted by Gasteiger charge is 2.23. The lowest BCUT2D eigenvalue weighted by Gasteiger charge is -2.27. The molecule has 1 saturated carbocycles. The van der Waals surface area contributed by atoms with E-state index >= 15 is 0 Å². The van der Waals surface area contributed by atoms with Crippen molar-refractivity contribution in [2.45, 2.75) is 38.1 Å². The molecule has 19 heavy (non-hydrogen) atoms. The van der Waals surface area contributed by atoms with E-state index in [1.54, 1.807) is 7.11 Å². The van der Waals surface area contributed by atoms with Crippen LogP contribution in [-0.4, -0.2) is 12.1 Å². The number of hydrogen-bond acceptors (Lipinski definition) is 2. The van der Waals surface area contributed by atoms with Crippen LogP contribution in [-0.2, 0) is 0 Å². The summed E-state index contributed by atoms with van der Waals surface area (Å²) in [6.07, 6.45) is 8.61. The van der Waals surface area contributed by atoms with Crippen LogP contribution < -0.4 is 10.5 Å². The lowest BCUT2D eigenvalue weighted by Crippen LogP contribution is -2.23. The molecule has 1 aliphatic carbocycles. The topological polar surface area (TPSA) is 51.0 Å². The van der Waals surface area contributed by atoms with Crippen molar-refractivity contribution in [1.29, 1.82) is 0 Å². The van der Waals surface area contributed by atoms with Crippen LogP contribution in [0.1, 0.15) is 43.7 Å². The highest BCUT2D eigenvalue weighted by molar-refractivity contribution is 5.85. The van der Waals surface area contributed by atoms with Gasteiger partial charge in [0.05, 0.1) is 7.11 Å². The fourth-order valence-corrected chi connectivity index (χ4v) is 3.27. The molecule has 0 radical (unpaired) electrons. The van der Waals surface area contributed by atoms with Gasteiger partial charge in [-0.25, -0.2) is 0 Å². The predicted molar refractivity (Wildman–Crippen MR) is 78.4 cm³/mol. The summed E-state index contributed by atoms with van der Waals surface area (Å²) in [6.45, 7) is 0. The molecule has 1 aromatic carbocycles. The van der Waals surface area contributed by atoms with Crippen LogP contribution in [0.25, 0.3) is 10.9 Å². The molecule has 3 N–H and O–H groups in total. The molecule has 3 rings (SSSR count). The standard InChI is InChI=1S/C16H22N2O/c1-19-12-7-8-15-13(9-12)14(10-18-15)16(17)11-5-3-2-4-6-11/h7-11,16,18H,2-6,17H2,1H3. The average Bonchev–Trinajstić information content (AvgIpc) is 2.90. The summed E-state index contributed by atoms with van der Waals surface area (Å²) in [6, 6.07) is 6.27. The van der Waals surface area contributed by atoms with E-state index in [0.29, 0.717) is 5.92 Å². The number of nitrogens with one attached hydrogen (secondary N) is 1. The van der Waals surface area contributed by atoms with Crippen molar-refractivity contribution in [3.63, 3.8) is 0 Å². The molecule has 3 nitrogen and oxygen atoms in total. The molecule has 3 heteroatoms. The number of aromatic nitrogens is 1. The lowest BCUT2D eigenvalue weighted by molar-refractivity contribution is 0.309. The van der Waals surface area contributed by atoms with E-state index in [-0.39, 0.29) is 6.04 Å². The van der Waals surface area contributed by atoms with Gasteiger partial charge in [-0.15, -0.1) is 0 Å². The second-order valence-corrected chi connectivity index (χ2v) is 5.58. The molecular formula is C16H22N2O. The Labute approximate surface area is 114 Å². The first-order valence-corrected chi connectivity index (χ1v) is 7.20. The van der Waals surface area contributed by atoms with Gasteiger partial charge in [0.25, 0.3) is 0 Å². The monoisotopic (exact) mass is 258 g/mol. The van der Waals surface area contributed by atoms with Crippen molar-refractivity contribution in [2.75, 3.05) is 7.11 Å². The van der Waals surface area contributed by atoms with Crippen LogP contribution in [0.15, 0.2) is 24.4 Å². The Hall–Kier alpha value is -1.48. The van der Waals surface area contributed by atoms with Gasteiger partial charge in [-0.2, -0.15) is 0 Å². The minimum atomic E-state index is 0.140. The molecule has 1 fully saturated rings. The van der Waals surface area contributed by atoms with Crippen LogP contribution in [0.3, 0.4) is 0 Å². The Morgan fingerprint density at radius 1 is 1.26 bits per heavy atom. The highest BCUT2D eigenvalue weighted by Crippen LogP contribution is 2.36. The maximum atomic E-state index is 6.51. The summed E-state index contributed by atoms with van der Waals surface area (Å²) < 4.78 is 5.32. The van der Waals surface area contributed by atoms with Crippen LogP contribution in [0.5, 0.6) is 5.75 Å². The quantitative estimate of drug-likeness (QED) is 0.880. The molecule has 0 amide bonds. The zero-order chi connectivity index (χ0) is 13.2. The Balaban J connectivity index is 1.94. The molecule has 0 aliphatic heterocycles. The van der Waals surface area contributed by atoms with Crippen LogP contribution in [0, 0.1) is 5.92 Å². The second kappa shape index (κ2) is 5.25. The molecule has 0 bridgehead atoms. The van der Waals surface area contributed by atoms with Crippen molar-refractivity contribution >= 4 is 10.9 Å². The zero-order valence-electron chi connectivity index (χ0n) is 11.5. The van der Waals surface area contributed by atoms with Gasteiger partial charge in [-0.1, -0.05) is 19.3 Å². The van der Waals surface area contributed by atoms with E-state index in [0.717, 1.165) is 11.3 Å². The van der Waals surface area contributed by atoms with E-state index in [2.05, 4.69) is 23.3 Å². The van der Waals surface area contributed by atoms with Crippen molar-refractivity contribution in [3.8, 4) is 5.75 Å². The largest absolute Gasteiger partial charge is 0.497 e. The third-order valence-electron chi connectivity index (χ3n) is 4.44. The van der Waals surface area contributed by atoms with Gasteiger partial charge in [-0.05, 0) is 42.5 Å². The number of rotatable bonds is 3. The summed E-state index contributed by atoms with van der Waals surface area (Å²) in [5.74, 6) is 1.52. The molecule has 0 saturated heterocycles. The van der Waals surface area contributed by atoms with E-state index in [9.17, 15) is 0 Å². The molecule has 1 unspecified atom stereocenters. The number of ether oxygens (including phenoxy) is 1. The van der Waals surface area contributed by atoms with Gasteiger partial charge in [-0.3, -0.25) is 0 Å². The number of methoxy groups -OCH3 is 1. The number of fused-ring (bicyclic) bond motifs is 1. The van der Waals surface area contributed by atoms with Gasteiger partial charge in [0.2, 0.25) is 0 Å². The van der Waals surface area contributed by atoms with Gasteiger partial charge in [0, 0.05) is 23.1 Å². The molecule has 1 aromatic heterocycles. The minimum Gasteiger partial charge on any atom is -0.497 e. The van der Waals surface area contributed by atoms with E-state index in [4.69, 9.17) is 10.5 Å². The fraction of sp³-hybridized carbons (Fsp3) is 0.500. The molecular weight excluding hydrogens is 236 g/mol. The SMILES string of the molecule is COc1ccc2[nH]cc(C(N)C3CCCCC3)c2c1. The first-order chi connectivity index (χ1) is 9.29. The smallest absolute Gasteiger partial charge is 0.119 e. The number of benzene rings is 1. The number of aromatic amines is 1. The van der Waals surface area contributed by atoms with Crippen molar-refractivity contribution in [1.82, 2.24) is 4.98 Å². The van der Waals surface area contributed by atoms with Crippen LogP contribution >= 0.6 is 0 Å². The number of H-pyrrole nitrogens is 1. The van der Waals surface area contributed by atoms with E-state index in [1.165, 1.54) is 43.1 Å². The Morgan fingerprint density at radius 3 is 2.79 bits per heavy atom. The average molecular weight is 258 g/mol. The Morgan fingerprint density at radius 2 is 2.05 bits per heavy atom. The van der Waals surface area contributed by atoms with Crippen LogP contribution in [0.2, 0.25) is 0 Å². The number of hydrogen-bond donors (Lipinski definition) is 2. The van der Waals surface area contributed by atoms with Gasteiger partial charge >= 0.3 is 0 Å². The summed E-state index contributed by atoms with van der Waals surface area (Å²) in [4.78, 5) is 3.32. The maximum Gasteiger partial charge on any atom is 0.119 e. The normalized spacial score (nSPS) is 18.6. The summed E-state index contributed by atoms with van der Waals surface area (Å²) in [7, 11) is 1.70. The molecule has 0 spiro atoms. The van der Waals surface area contributed by atoms with E-state index < -0.39 is 0 Å². The summed E-state index contributed by atoms with van der Waals surface area (Å²) in [5, 5.41) is 1.21. The van der Waals surface area contributed by atoms with Gasteiger partial charge in [0.15, 0.2) is 0 Å². The minimum absolute atomic E-state index is 0.140. The number of nitrogens with two attached hydrogens (primary N) is 1. The van der Waals surface area contributed by atoms with Crippen molar-refractivity contribution < 1.29 is 4.74 Å². The van der Waals surface area contributed by atoms with Crippen LogP contribution in [0.4, 0.5) is 0 Å². The third-order valence-corrected chi connectivity index (χ3v) is 4.44. The van der Waals surface area contributed by atoms with Crippen molar-refractivity contribution in [2.24, 2.45) is 11.7 Å².